The molecular formula is C39H52N10O6S. The van der Waals surface area contributed by atoms with E-state index < -0.39 is 53.6 Å². The molecule has 5 N–H and O–H groups in total. The fraction of sp³-hybridized carbons (Fsp3) is 0.487. The van der Waals surface area contributed by atoms with Gasteiger partial charge >= 0.3 is 0 Å². The van der Waals surface area contributed by atoms with Gasteiger partial charge in [-0.2, -0.15) is 5.10 Å². The summed E-state index contributed by atoms with van der Waals surface area (Å²) < 4.78 is 0. The number of H-pyrrole nitrogens is 2. The van der Waals surface area contributed by atoms with Crippen LogP contribution in [-0.4, -0.2) is 123 Å². The number of carbonyl (C=O) groups excluding carboxylic acids is 6. The van der Waals surface area contributed by atoms with Gasteiger partial charge in [0.15, 0.2) is 0 Å². The van der Waals surface area contributed by atoms with E-state index in [-0.39, 0.29) is 49.9 Å². The molecule has 0 saturated carbocycles. The fourth-order valence-electron chi connectivity index (χ4n) is 6.66. The molecule has 3 aromatic heterocycles. The van der Waals surface area contributed by atoms with Gasteiger partial charge in [0.25, 0.3) is 11.8 Å². The summed E-state index contributed by atoms with van der Waals surface area (Å²) in [6.07, 6.45) is 3.08. The number of hydrogen-bond acceptors (Lipinski definition) is 9. The zero-order valence-electron chi connectivity index (χ0n) is 33.0. The zero-order valence-corrected chi connectivity index (χ0v) is 33.8. The Labute approximate surface area is 330 Å². The number of aromatic amines is 2. The Kier molecular flexibility index (Phi) is 13.6. The Morgan fingerprint density at radius 1 is 0.893 bits per heavy atom. The molecule has 56 heavy (non-hydrogen) atoms. The van der Waals surface area contributed by atoms with E-state index in [1.54, 1.807) is 24.7 Å². The number of likely N-dealkylation sites (N-methyl/N-ethyl adjacent to an activating group) is 2. The number of carbonyl (C=O) groups is 6. The summed E-state index contributed by atoms with van der Waals surface area (Å²) in [5.74, 6) is -2.63. The molecule has 6 amide bonds. The van der Waals surface area contributed by atoms with E-state index in [1.807, 2.05) is 38.1 Å². The van der Waals surface area contributed by atoms with Gasteiger partial charge in [0.1, 0.15) is 28.5 Å². The van der Waals surface area contributed by atoms with Gasteiger partial charge in [0, 0.05) is 61.8 Å². The van der Waals surface area contributed by atoms with Gasteiger partial charge in [-0.3, -0.25) is 33.9 Å². The van der Waals surface area contributed by atoms with E-state index in [0.717, 1.165) is 22.2 Å². The topological polar surface area (TPSA) is 206 Å². The van der Waals surface area contributed by atoms with E-state index in [4.69, 9.17) is 0 Å². The van der Waals surface area contributed by atoms with Crippen LogP contribution >= 0.6 is 11.3 Å². The lowest BCUT2D eigenvalue weighted by Crippen LogP contribution is -2.53. The highest BCUT2D eigenvalue weighted by atomic mass is 32.1. The Morgan fingerprint density at radius 3 is 2.36 bits per heavy atom. The van der Waals surface area contributed by atoms with Crippen LogP contribution in [0.2, 0.25) is 0 Å². The molecule has 0 spiro atoms. The normalized spacial score (nSPS) is 20.0. The lowest BCUT2D eigenvalue weighted by Gasteiger charge is -2.28. The molecular weight excluding hydrogens is 737 g/mol. The van der Waals surface area contributed by atoms with Crippen LogP contribution in [0.4, 0.5) is 0 Å². The van der Waals surface area contributed by atoms with Gasteiger partial charge in [0.05, 0.1) is 19.1 Å². The van der Waals surface area contributed by atoms with Gasteiger partial charge in [-0.25, -0.2) is 4.98 Å². The minimum Gasteiger partial charge on any atom is -0.361 e. The molecule has 0 aliphatic carbocycles. The summed E-state index contributed by atoms with van der Waals surface area (Å²) in [5.41, 5.74) is 2.65. The molecule has 300 valence electrons. The van der Waals surface area contributed by atoms with Crippen LogP contribution in [0, 0.1) is 11.8 Å². The molecule has 2 bridgehead atoms. The van der Waals surface area contributed by atoms with Crippen LogP contribution in [0.3, 0.4) is 0 Å². The third-order valence-corrected chi connectivity index (χ3v) is 10.4. The second-order valence-corrected chi connectivity index (χ2v) is 16.1. The van der Waals surface area contributed by atoms with Gasteiger partial charge in [-0.05, 0) is 49.3 Å². The molecule has 1 aliphatic rings. The summed E-state index contributed by atoms with van der Waals surface area (Å²) in [4.78, 5) is 93.7. The lowest BCUT2D eigenvalue weighted by molar-refractivity contribution is -0.138. The lowest BCUT2D eigenvalue weighted by atomic mass is 10.0. The average molecular weight is 789 g/mol. The number of hydrogen-bond donors (Lipinski definition) is 5. The molecule has 0 unspecified atom stereocenters. The smallest absolute Gasteiger partial charge is 0.274 e. The molecule has 3 atom stereocenters. The average Bonchev–Trinajstić information content (AvgIpc) is 3.92. The maximum Gasteiger partial charge on any atom is 0.274 e. The number of thiazole rings is 1. The number of aromatic nitrogens is 4. The van der Waals surface area contributed by atoms with Crippen molar-refractivity contribution in [3.8, 4) is 0 Å². The van der Waals surface area contributed by atoms with E-state index in [1.165, 1.54) is 40.0 Å². The van der Waals surface area contributed by atoms with E-state index >= 15 is 0 Å². The van der Waals surface area contributed by atoms with Crippen LogP contribution in [0.15, 0.2) is 41.9 Å². The Bertz CT molecular complexity index is 2050. The first-order valence-electron chi connectivity index (χ1n) is 18.8. The number of para-hydroxylation sites is 1. The van der Waals surface area contributed by atoms with Gasteiger partial charge in [-0.15, -0.1) is 11.3 Å². The fourth-order valence-corrected chi connectivity index (χ4v) is 7.52. The molecule has 1 aromatic carbocycles. The highest BCUT2D eigenvalue weighted by Crippen LogP contribution is 2.26. The number of fused-ring (bicyclic) bond motifs is 3. The third kappa shape index (κ3) is 10.6. The molecule has 17 heteroatoms. The molecule has 0 radical (unpaired) electrons. The number of amides is 6. The number of nitrogens with zero attached hydrogens (tertiary/aromatic N) is 5. The molecule has 16 nitrogen and oxygen atoms in total. The Balaban J connectivity index is 1.46. The highest BCUT2D eigenvalue weighted by Gasteiger charge is 2.31. The molecule has 4 heterocycles. The standard InChI is InChI=1S/C39H52N10O6S/c1-22(2)14-26-17-31(46-45-26)39(55)49-13-12-47(6)37(53)24(5)41-33(50)19-48(7)38(54)30(16-25-18-40-28-11-9-8-10-27(25)28)43-35(52)32-21-56-36(44-32)29(15-23(3)4)42-34(51)20-49/h8-11,17-18,21-24,29-30,40H,12-16,19-20H2,1-7H3,(H,41,50)(H,42,51)(H,43,52)(H,45,46)/t24-,29-,30+/m0/s1. The minimum atomic E-state index is -1.07. The molecule has 4 aromatic rings. The number of nitrogens with one attached hydrogen (secondary N) is 5. The van der Waals surface area contributed by atoms with Crippen LogP contribution in [-0.2, 0) is 32.0 Å². The second kappa shape index (κ2) is 18.4. The van der Waals surface area contributed by atoms with Crippen molar-refractivity contribution in [3.05, 3.63) is 69.6 Å². The highest BCUT2D eigenvalue weighted by molar-refractivity contribution is 7.09. The second-order valence-electron chi connectivity index (χ2n) is 15.3. The summed E-state index contributed by atoms with van der Waals surface area (Å²) in [7, 11) is 3.01. The van der Waals surface area contributed by atoms with Crippen molar-refractivity contribution in [2.24, 2.45) is 11.8 Å². The Hall–Kier alpha value is -5.58. The first-order valence-corrected chi connectivity index (χ1v) is 19.7. The maximum absolute atomic E-state index is 14.0. The first-order chi connectivity index (χ1) is 26.6. The van der Waals surface area contributed by atoms with Crippen molar-refractivity contribution < 1.29 is 28.8 Å². The van der Waals surface area contributed by atoms with Crippen LogP contribution < -0.4 is 16.0 Å². The van der Waals surface area contributed by atoms with Crippen molar-refractivity contribution in [2.45, 2.75) is 72.0 Å². The van der Waals surface area contributed by atoms with E-state index in [2.05, 4.69) is 50.0 Å². The predicted octanol–water partition coefficient (Wildman–Crippen LogP) is 2.67. The molecule has 5 rings (SSSR count). The summed E-state index contributed by atoms with van der Waals surface area (Å²) >= 11 is 1.20. The maximum atomic E-state index is 14.0. The predicted molar refractivity (Wildman–Crippen MR) is 212 cm³/mol. The SMILES string of the molecule is CC(C)Cc1cc(C(=O)N2CCN(C)C(=O)[C@H](C)NC(=O)CN(C)C(=O)[C@@H](Cc3c[nH]c4ccccc34)NC(=O)c3csc(n3)[C@H](CC(C)C)NC(=O)C2)n[nH]1. The molecule has 0 fully saturated rings. The van der Waals surface area contributed by atoms with Crippen LogP contribution in [0.1, 0.15) is 84.3 Å². The molecule has 0 saturated heterocycles. The minimum absolute atomic E-state index is 0.00694. The van der Waals surface area contributed by atoms with E-state index in [0.29, 0.717) is 23.8 Å². The van der Waals surface area contributed by atoms with Crippen molar-refractivity contribution in [2.75, 3.05) is 40.3 Å². The van der Waals surface area contributed by atoms with Crippen molar-refractivity contribution >= 4 is 57.7 Å². The van der Waals surface area contributed by atoms with Crippen molar-refractivity contribution in [1.82, 2.24) is 50.8 Å². The van der Waals surface area contributed by atoms with Crippen LogP contribution in [0.5, 0.6) is 0 Å². The van der Waals surface area contributed by atoms with Gasteiger partial charge < -0.3 is 35.6 Å². The number of rotatable bonds is 7. The van der Waals surface area contributed by atoms with Crippen molar-refractivity contribution in [3.63, 3.8) is 0 Å². The zero-order chi connectivity index (χ0) is 40.7. The van der Waals surface area contributed by atoms with Gasteiger partial charge in [-0.1, -0.05) is 45.9 Å². The number of benzene rings is 1. The summed E-state index contributed by atoms with van der Waals surface area (Å²) in [6, 6.07) is 6.64. The largest absolute Gasteiger partial charge is 0.361 e. The first kappa shape index (κ1) is 41.6. The molecule has 1 aliphatic heterocycles. The van der Waals surface area contributed by atoms with E-state index in [9.17, 15) is 28.8 Å². The Morgan fingerprint density at radius 2 is 1.62 bits per heavy atom. The quantitative estimate of drug-likeness (QED) is 0.188. The van der Waals surface area contributed by atoms with Crippen molar-refractivity contribution in [1.29, 1.82) is 0 Å². The summed E-state index contributed by atoms with van der Waals surface area (Å²) in [5, 5.41) is 18.6. The summed E-state index contributed by atoms with van der Waals surface area (Å²) in [6.45, 7) is 8.96. The van der Waals surface area contributed by atoms with Crippen LogP contribution in [0.25, 0.3) is 10.9 Å². The van der Waals surface area contributed by atoms with Gasteiger partial charge in [0.2, 0.25) is 23.6 Å². The monoisotopic (exact) mass is 788 g/mol. The third-order valence-electron chi connectivity index (χ3n) is 9.48.